The predicted octanol–water partition coefficient (Wildman–Crippen LogP) is 3.82. The molecule has 0 aromatic heterocycles. The summed E-state index contributed by atoms with van der Waals surface area (Å²) in [6, 6.07) is 8.99. The van der Waals surface area contributed by atoms with E-state index in [9.17, 15) is 4.79 Å². The van der Waals surface area contributed by atoms with E-state index in [2.05, 4.69) is 0 Å². The molecule has 5 heteroatoms. The van der Waals surface area contributed by atoms with Crippen LogP contribution in [0.4, 0.5) is 0 Å². The van der Waals surface area contributed by atoms with Crippen LogP contribution in [0.15, 0.2) is 30.3 Å². The van der Waals surface area contributed by atoms with Crippen molar-refractivity contribution in [2.24, 2.45) is 17.6 Å². The molecule has 0 fully saturated rings. The smallest absolute Gasteiger partial charge is 0.323 e. The van der Waals surface area contributed by atoms with Crippen molar-refractivity contribution in [3.63, 3.8) is 0 Å². The van der Waals surface area contributed by atoms with Crippen molar-refractivity contribution in [2.75, 3.05) is 0 Å². The van der Waals surface area contributed by atoms with Gasteiger partial charge in [-0.1, -0.05) is 45.9 Å². The second kappa shape index (κ2) is 10.5. The summed E-state index contributed by atoms with van der Waals surface area (Å²) in [4.78, 5) is 12.1. The van der Waals surface area contributed by atoms with Crippen molar-refractivity contribution in [2.45, 2.75) is 59.3 Å². The van der Waals surface area contributed by atoms with Gasteiger partial charge in [0.05, 0.1) is 0 Å². The zero-order chi connectivity index (χ0) is 16.7. The Labute approximate surface area is 146 Å². The van der Waals surface area contributed by atoms with Crippen LogP contribution in [0.2, 0.25) is 0 Å². The molecule has 0 unspecified atom stereocenters. The van der Waals surface area contributed by atoms with E-state index in [0.717, 1.165) is 5.75 Å². The maximum absolute atomic E-state index is 12.1. The van der Waals surface area contributed by atoms with Crippen LogP contribution in [0.25, 0.3) is 0 Å². The highest BCUT2D eigenvalue weighted by Gasteiger charge is 2.28. The molecular formula is C18H30ClNO3. The summed E-state index contributed by atoms with van der Waals surface area (Å²) in [5.41, 5.74) is 5.88. The van der Waals surface area contributed by atoms with Crippen LogP contribution >= 0.6 is 12.4 Å². The molecule has 0 aliphatic rings. The Bertz CT molecular complexity index is 451. The van der Waals surface area contributed by atoms with E-state index < -0.39 is 6.04 Å². The molecular weight excluding hydrogens is 314 g/mol. The van der Waals surface area contributed by atoms with Gasteiger partial charge in [-0.25, -0.2) is 0 Å². The fourth-order valence-corrected chi connectivity index (χ4v) is 2.37. The topological polar surface area (TPSA) is 61.6 Å². The average Bonchev–Trinajstić information content (AvgIpc) is 2.44. The first-order valence-corrected chi connectivity index (χ1v) is 7.99. The highest BCUT2D eigenvalue weighted by Crippen LogP contribution is 2.20. The largest absolute Gasteiger partial charge is 0.486 e. The third-order valence-corrected chi connectivity index (χ3v) is 3.47. The summed E-state index contributed by atoms with van der Waals surface area (Å²) in [7, 11) is 0. The lowest BCUT2D eigenvalue weighted by Crippen LogP contribution is -2.42. The molecule has 0 aliphatic heterocycles. The Hall–Kier alpha value is -1.26. The number of benzene rings is 1. The molecule has 132 valence electrons. The summed E-state index contributed by atoms with van der Waals surface area (Å²) < 4.78 is 11.5. The molecule has 2 N–H and O–H groups in total. The zero-order valence-electron chi connectivity index (χ0n) is 14.7. The summed E-state index contributed by atoms with van der Waals surface area (Å²) in [5.74, 6) is 0.989. The third-order valence-electron chi connectivity index (χ3n) is 3.47. The fourth-order valence-electron chi connectivity index (χ4n) is 2.37. The van der Waals surface area contributed by atoms with Crippen LogP contribution < -0.4 is 10.5 Å². The molecule has 0 amide bonds. The number of halogens is 1. The molecule has 1 aromatic carbocycles. The van der Waals surface area contributed by atoms with Crippen molar-refractivity contribution in [1.82, 2.24) is 0 Å². The summed E-state index contributed by atoms with van der Waals surface area (Å²) in [5, 5.41) is 0. The maximum Gasteiger partial charge on any atom is 0.323 e. The second-order valence-corrected chi connectivity index (χ2v) is 6.52. The molecule has 4 nitrogen and oxygen atoms in total. The van der Waals surface area contributed by atoms with Gasteiger partial charge < -0.3 is 15.2 Å². The van der Waals surface area contributed by atoms with E-state index in [1.54, 1.807) is 0 Å². The van der Waals surface area contributed by atoms with Crippen LogP contribution in [-0.4, -0.2) is 24.2 Å². The Balaban J connectivity index is 0.00000484. The van der Waals surface area contributed by atoms with Crippen molar-refractivity contribution in [3.8, 4) is 5.75 Å². The number of rotatable bonds is 8. The molecule has 0 saturated carbocycles. The second-order valence-electron chi connectivity index (χ2n) is 6.52. The fraction of sp³-hybridized carbons (Fsp3) is 0.611. The Kier molecular flexibility index (Phi) is 9.93. The van der Waals surface area contributed by atoms with Crippen LogP contribution in [0.5, 0.6) is 5.75 Å². The number of para-hydroxylation sites is 1. The molecule has 0 radical (unpaired) electrons. The lowest BCUT2D eigenvalue weighted by atomic mass is 10.0. The number of carbonyl (C=O) groups is 1. The SMILES string of the molecule is CC(C)C[C@H](N)C(=O)O[C@@H](C)[C@H](Oc1ccccc1)C(C)C.Cl. The van der Waals surface area contributed by atoms with Gasteiger partial charge in [0.1, 0.15) is 24.0 Å². The van der Waals surface area contributed by atoms with E-state index in [1.807, 2.05) is 65.0 Å². The van der Waals surface area contributed by atoms with Crippen molar-refractivity contribution >= 4 is 18.4 Å². The number of esters is 1. The minimum absolute atomic E-state index is 0. The quantitative estimate of drug-likeness (QED) is 0.729. The highest BCUT2D eigenvalue weighted by atomic mass is 35.5. The van der Waals surface area contributed by atoms with E-state index in [4.69, 9.17) is 15.2 Å². The molecule has 23 heavy (non-hydrogen) atoms. The lowest BCUT2D eigenvalue weighted by Gasteiger charge is -2.29. The minimum atomic E-state index is -0.577. The number of hydrogen-bond acceptors (Lipinski definition) is 4. The highest BCUT2D eigenvalue weighted by molar-refractivity contribution is 5.85. The standard InChI is InChI=1S/C18H29NO3.ClH/c1-12(2)11-16(19)18(20)21-14(5)17(13(3)4)22-15-9-7-6-8-10-15;/h6-10,12-14,16-17H,11,19H2,1-5H3;1H/t14-,16-,17+;/m0./s1. The van der Waals surface area contributed by atoms with Crippen LogP contribution in [-0.2, 0) is 9.53 Å². The first-order valence-electron chi connectivity index (χ1n) is 7.99. The Morgan fingerprint density at radius 3 is 2.13 bits per heavy atom. The molecule has 1 aromatic rings. The summed E-state index contributed by atoms with van der Waals surface area (Å²) in [6.45, 7) is 10.0. The third kappa shape index (κ3) is 7.71. The average molecular weight is 344 g/mol. The molecule has 3 atom stereocenters. The number of ether oxygens (including phenoxy) is 2. The van der Waals surface area contributed by atoms with Gasteiger partial charge in [0.25, 0.3) is 0 Å². The monoisotopic (exact) mass is 343 g/mol. The Morgan fingerprint density at radius 1 is 1.09 bits per heavy atom. The molecule has 0 saturated heterocycles. The van der Waals surface area contributed by atoms with Crippen LogP contribution in [0.3, 0.4) is 0 Å². The van der Waals surface area contributed by atoms with Gasteiger partial charge in [-0.2, -0.15) is 0 Å². The number of carbonyl (C=O) groups excluding carboxylic acids is 1. The molecule has 0 heterocycles. The summed E-state index contributed by atoms with van der Waals surface area (Å²) >= 11 is 0. The first kappa shape index (κ1) is 21.7. The molecule has 1 rings (SSSR count). The van der Waals surface area contributed by atoms with Gasteiger partial charge in [-0.15, -0.1) is 12.4 Å². The van der Waals surface area contributed by atoms with Gasteiger partial charge in [0.15, 0.2) is 0 Å². The zero-order valence-corrected chi connectivity index (χ0v) is 15.5. The lowest BCUT2D eigenvalue weighted by molar-refractivity contribution is -0.156. The van der Waals surface area contributed by atoms with Gasteiger partial charge in [0.2, 0.25) is 0 Å². The van der Waals surface area contributed by atoms with Crippen molar-refractivity contribution < 1.29 is 14.3 Å². The Morgan fingerprint density at radius 2 is 1.65 bits per heavy atom. The van der Waals surface area contributed by atoms with Gasteiger partial charge in [-0.05, 0) is 37.3 Å². The number of nitrogens with two attached hydrogens (primary N) is 1. The molecule has 0 bridgehead atoms. The predicted molar refractivity (Wildman–Crippen MR) is 95.9 cm³/mol. The van der Waals surface area contributed by atoms with E-state index in [0.29, 0.717) is 12.3 Å². The normalized spacial score (nSPS) is 14.8. The molecule has 0 aliphatic carbocycles. The molecule has 0 spiro atoms. The van der Waals surface area contributed by atoms with Crippen LogP contribution in [0.1, 0.15) is 41.0 Å². The van der Waals surface area contributed by atoms with Crippen molar-refractivity contribution in [3.05, 3.63) is 30.3 Å². The van der Waals surface area contributed by atoms with E-state index >= 15 is 0 Å². The first-order chi connectivity index (χ1) is 10.3. The maximum atomic E-state index is 12.1. The van der Waals surface area contributed by atoms with Crippen molar-refractivity contribution in [1.29, 1.82) is 0 Å². The van der Waals surface area contributed by atoms with E-state index in [-0.39, 0.29) is 36.5 Å². The van der Waals surface area contributed by atoms with E-state index in [1.165, 1.54) is 0 Å². The minimum Gasteiger partial charge on any atom is -0.486 e. The summed E-state index contributed by atoms with van der Waals surface area (Å²) in [6.07, 6.45) is 0.0563. The number of hydrogen-bond donors (Lipinski definition) is 1. The van der Waals surface area contributed by atoms with Crippen LogP contribution in [0, 0.1) is 11.8 Å². The van der Waals surface area contributed by atoms with Gasteiger partial charge >= 0.3 is 5.97 Å². The van der Waals surface area contributed by atoms with Gasteiger partial charge in [0, 0.05) is 0 Å². The van der Waals surface area contributed by atoms with Gasteiger partial charge in [-0.3, -0.25) is 4.79 Å².